The summed E-state index contributed by atoms with van der Waals surface area (Å²) >= 11 is 1.06. The molecule has 0 spiro atoms. The number of amides is 1. The van der Waals surface area contributed by atoms with Crippen molar-refractivity contribution in [3.63, 3.8) is 0 Å². The van der Waals surface area contributed by atoms with Crippen molar-refractivity contribution < 1.29 is 19.4 Å². The number of aromatic nitrogens is 1. The van der Waals surface area contributed by atoms with E-state index < -0.39 is 0 Å². The van der Waals surface area contributed by atoms with E-state index in [1.54, 1.807) is 36.4 Å². The number of rotatable bonds is 2. The number of thiazole rings is 1. The van der Waals surface area contributed by atoms with E-state index in [-0.39, 0.29) is 23.4 Å². The highest BCUT2D eigenvalue weighted by atomic mass is 32.1. The maximum absolute atomic E-state index is 12.3. The van der Waals surface area contributed by atoms with Crippen LogP contribution < -0.4 is 24.9 Å². The van der Waals surface area contributed by atoms with Crippen LogP contribution in [0.1, 0.15) is 4.88 Å². The number of aromatic hydroxyl groups is 1. The quantitative estimate of drug-likeness (QED) is 0.647. The van der Waals surface area contributed by atoms with Crippen LogP contribution in [0.3, 0.4) is 0 Å². The zero-order valence-corrected chi connectivity index (χ0v) is 15.2. The molecule has 0 atom stereocenters. The van der Waals surface area contributed by atoms with Crippen LogP contribution in [0.25, 0.3) is 17.8 Å². The fourth-order valence-electron chi connectivity index (χ4n) is 3.12. The van der Waals surface area contributed by atoms with Crippen LogP contribution in [0, 0.1) is 5.41 Å². The van der Waals surface area contributed by atoms with Crippen LogP contribution in [0.2, 0.25) is 0 Å². The van der Waals surface area contributed by atoms with Gasteiger partial charge in [0.25, 0.3) is 5.91 Å². The average molecular weight is 391 g/mol. The van der Waals surface area contributed by atoms with Gasteiger partial charge in [-0.2, -0.15) is 0 Å². The number of carbonyl (C=O) groups is 1. The van der Waals surface area contributed by atoms with E-state index in [4.69, 9.17) is 14.9 Å². The number of fused-ring (bicyclic) bond motifs is 2. The molecule has 3 aromatic rings. The molecule has 0 bridgehead atoms. The molecule has 138 valence electrons. The first kappa shape index (κ1) is 16.5. The highest BCUT2D eigenvalue weighted by Gasteiger charge is 2.19. The molecule has 0 aliphatic carbocycles. The molecule has 1 aromatic heterocycles. The average Bonchev–Trinajstić information content (AvgIpc) is 3.26. The molecule has 7 nitrogen and oxygen atoms in total. The first-order valence-corrected chi connectivity index (χ1v) is 9.23. The number of ether oxygens (including phenoxy) is 2. The van der Waals surface area contributed by atoms with Gasteiger partial charge in [-0.1, -0.05) is 29.5 Å². The highest BCUT2D eigenvalue weighted by molar-refractivity contribution is 7.10. The Morgan fingerprint density at radius 1 is 1.18 bits per heavy atom. The minimum atomic E-state index is -0.382. The van der Waals surface area contributed by atoms with E-state index in [9.17, 15) is 9.90 Å². The third-order valence-electron chi connectivity index (χ3n) is 4.46. The summed E-state index contributed by atoms with van der Waals surface area (Å²) in [7, 11) is 0. The fraction of sp³-hybridized carbons (Fsp3) is 0.0500. The summed E-state index contributed by atoms with van der Waals surface area (Å²) in [5.74, 6) is 0.672. The third-order valence-corrected chi connectivity index (χ3v) is 5.36. The van der Waals surface area contributed by atoms with Gasteiger partial charge < -0.3 is 14.6 Å². The number of hydrogen-bond donors (Lipinski definition) is 2. The molecule has 5 rings (SSSR count). The Kier molecular flexibility index (Phi) is 3.66. The van der Waals surface area contributed by atoms with Crippen LogP contribution in [-0.2, 0) is 4.79 Å². The number of nitrogens with zero attached hydrogens (tertiary/aromatic N) is 2. The molecule has 1 amide bonds. The van der Waals surface area contributed by atoms with Crippen molar-refractivity contribution in [3.05, 3.63) is 68.3 Å². The molecular weight excluding hydrogens is 378 g/mol. The smallest absolute Gasteiger partial charge is 0.277 e. The molecule has 0 saturated heterocycles. The van der Waals surface area contributed by atoms with Crippen molar-refractivity contribution in [2.75, 3.05) is 6.79 Å². The van der Waals surface area contributed by atoms with Crippen LogP contribution in [0.5, 0.6) is 17.4 Å². The minimum Gasteiger partial charge on any atom is -0.493 e. The van der Waals surface area contributed by atoms with Gasteiger partial charge >= 0.3 is 0 Å². The summed E-state index contributed by atoms with van der Waals surface area (Å²) in [6.07, 6.45) is 3.29. The summed E-state index contributed by atoms with van der Waals surface area (Å²) < 4.78 is 12.0. The van der Waals surface area contributed by atoms with Gasteiger partial charge in [0.15, 0.2) is 16.3 Å². The number of benzene rings is 2. The van der Waals surface area contributed by atoms with Gasteiger partial charge in [-0.15, -0.1) is 0 Å². The van der Waals surface area contributed by atoms with Gasteiger partial charge in [0, 0.05) is 16.9 Å². The van der Waals surface area contributed by atoms with Gasteiger partial charge in [-0.05, 0) is 30.4 Å². The molecule has 3 heterocycles. The summed E-state index contributed by atoms with van der Waals surface area (Å²) in [5, 5.41) is 20.4. The zero-order valence-electron chi connectivity index (χ0n) is 14.4. The Bertz CT molecular complexity index is 1350. The monoisotopic (exact) mass is 391 g/mol. The lowest BCUT2D eigenvalue weighted by Crippen LogP contribution is -2.29. The second-order valence-electron chi connectivity index (χ2n) is 6.19. The van der Waals surface area contributed by atoms with Gasteiger partial charge in [-0.25, -0.2) is 4.99 Å². The third kappa shape index (κ3) is 2.62. The van der Waals surface area contributed by atoms with Crippen molar-refractivity contribution in [2.24, 2.45) is 4.99 Å². The minimum absolute atomic E-state index is 0.115. The van der Waals surface area contributed by atoms with E-state index in [1.807, 2.05) is 18.2 Å². The Hall–Kier alpha value is -3.65. The number of carbonyl (C=O) groups excluding carboxylic acids is 1. The first-order valence-electron chi connectivity index (χ1n) is 8.41. The van der Waals surface area contributed by atoms with Gasteiger partial charge in [0.1, 0.15) is 0 Å². The lowest BCUT2D eigenvalue weighted by molar-refractivity contribution is -0.114. The molecule has 2 aliphatic rings. The molecule has 2 aliphatic heterocycles. The Morgan fingerprint density at radius 2 is 2.00 bits per heavy atom. The first-order chi connectivity index (χ1) is 13.6. The molecule has 0 fully saturated rings. The number of para-hydroxylation sites is 1. The maximum atomic E-state index is 12.3. The topological polar surface area (TPSA) is 96.9 Å². The van der Waals surface area contributed by atoms with E-state index >= 15 is 0 Å². The largest absolute Gasteiger partial charge is 0.493 e. The Morgan fingerprint density at radius 3 is 2.89 bits per heavy atom. The van der Waals surface area contributed by atoms with E-state index in [0.29, 0.717) is 33.0 Å². The van der Waals surface area contributed by atoms with Crippen LogP contribution in [0.15, 0.2) is 53.0 Å². The van der Waals surface area contributed by atoms with Crippen molar-refractivity contribution >= 4 is 29.4 Å². The van der Waals surface area contributed by atoms with Crippen molar-refractivity contribution in [3.8, 4) is 23.1 Å². The molecule has 8 heteroatoms. The van der Waals surface area contributed by atoms with Crippen molar-refractivity contribution in [1.82, 2.24) is 4.57 Å². The maximum Gasteiger partial charge on any atom is 0.277 e. The van der Waals surface area contributed by atoms with Crippen LogP contribution >= 0.6 is 11.3 Å². The second kappa shape index (κ2) is 6.21. The zero-order chi connectivity index (χ0) is 19.3. The van der Waals surface area contributed by atoms with Crippen molar-refractivity contribution in [2.45, 2.75) is 0 Å². The predicted molar refractivity (Wildman–Crippen MR) is 102 cm³/mol. The van der Waals surface area contributed by atoms with E-state index in [1.165, 1.54) is 4.57 Å². The summed E-state index contributed by atoms with van der Waals surface area (Å²) in [6, 6.07) is 12.5. The predicted octanol–water partition coefficient (Wildman–Crippen LogP) is 1.48. The second-order valence-corrected chi connectivity index (χ2v) is 7.22. The lowest BCUT2D eigenvalue weighted by Gasteiger charge is -2.06. The van der Waals surface area contributed by atoms with E-state index in [2.05, 4.69) is 4.99 Å². The highest BCUT2D eigenvalue weighted by Crippen LogP contribution is 2.35. The van der Waals surface area contributed by atoms with Crippen LogP contribution in [-0.4, -0.2) is 22.4 Å². The standard InChI is InChI=1S/C20H13N3O4S/c21-20-23(13-5-6-15-16(9-13)27-10-26-15)19(25)17(28-20)8-12-7-11-3-1-2-4-14(11)22-18(12)24/h1-9,21,25H,10H2. The van der Waals surface area contributed by atoms with Gasteiger partial charge in [0.05, 0.1) is 15.9 Å². The summed E-state index contributed by atoms with van der Waals surface area (Å²) in [4.78, 5) is 16.9. The molecule has 0 unspecified atom stereocenters. The molecular formula is C20H13N3O4S. The molecule has 2 aromatic carbocycles. The van der Waals surface area contributed by atoms with Gasteiger partial charge in [0.2, 0.25) is 12.7 Å². The molecule has 0 saturated carbocycles. The summed E-state index contributed by atoms with van der Waals surface area (Å²) in [6.45, 7) is 0.146. The normalized spacial score (nSPS) is 15.9. The van der Waals surface area contributed by atoms with Gasteiger partial charge in [-0.3, -0.25) is 14.8 Å². The number of hydrogen-bond acceptors (Lipinski definition) is 6. The molecule has 0 radical (unpaired) electrons. The van der Waals surface area contributed by atoms with Crippen molar-refractivity contribution in [1.29, 1.82) is 5.41 Å². The lowest BCUT2D eigenvalue weighted by atomic mass is 10.1. The number of nitrogens with one attached hydrogen (secondary N) is 1. The summed E-state index contributed by atoms with van der Waals surface area (Å²) in [5.41, 5.74) is 0.926. The molecule has 2 N–H and O–H groups in total. The van der Waals surface area contributed by atoms with E-state index in [0.717, 1.165) is 16.6 Å². The Balaban J connectivity index is 1.61. The Labute approximate surface area is 162 Å². The van der Waals surface area contributed by atoms with Crippen LogP contribution in [0.4, 0.5) is 0 Å². The fourth-order valence-corrected chi connectivity index (χ4v) is 3.98. The molecule has 28 heavy (non-hydrogen) atoms. The SMILES string of the molecule is N=c1sc(C=C2C=c3ccccc3=NC2=O)c(O)n1-c1ccc2c(c1)OCO2.